The van der Waals surface area contributed by atoms with E-state index in [9.17, 15) is 13.2 Å². The van der Waals surface area contributed by atoms with Crippen LogP contribution in [0.15, 0.2) is 36.8 Å². The fourth-order valence-corrected chi connectivity index (χ4v) is 3.87. The van der Waals surface area contributed by atoms with E-state index in [0.717, 1.165) is 30.6 Å². The minimum atomic E-state index is -3.13. The van der Waals surface area contributed by atoms with Crippen LogP contribution in [0.5, 0.6) is 0 Å². The number of piperidine rings is 1. The van der Waals surface area contributed by atoms with Crippen LogP contribution in [-0.4, -0.2) is 58.9 Å². The van der Waals surface area contributed by atoms with Crippen molar-refractivity contribution in [3.8, 4) is 0 Å². The average Bonchev–Trinajstić information content (AvgIpc) is 3.08. The Kier molecular flexibility index (Phi) is 5.70. The van der Waals surface area contributed by atoms with Crippen molar-refractivity contribution >= 4 is 15.7 Å². The van der Waals surface area contributed by atoms with E-state index in [1.807, 2.05) is 24.4 Å². The third-order valence-corrected chi connectivity index (χ3v) is 5.58. The van der Waals surface area contributed by atoms with Crippen molar-refractivity contribution in [1.82, 2.24) is 19.4 Å². The van der Waals surface area contributed by atoms with Crippen LogP contribution in [-0.2, 0) is 21.2 Å². The Bertz CT molecular complexity index is 848. The van der Waals surface area contributed by atoms with Gasteiger partial charge in [-0.3, -0.25) is 9.78 Å². The Morgan fingerprint density at radius 1 is 1.27 bits per heavy atom. The molecule has 1 atom stereocenters. The summed E-state index contributed by atoms with van der Waals surface area (Å²) in [5.41, 5.74) is 0.962. The molecule has 8 heteroatoms. The predicted molar refractivity (Wildman–Crippen MR) is 98.4 cm³/mol. The number of imidazole rings is 1. The Hall–Kier alpha value is -2.22. The molecule has 0 unspecified atom stereocenters. The smallest absolute Gasteiger partial charge is 0.223 e. The second-order valence-corrected chi connectivity index (χ2v) is 9.05. The van der Waals surface area contributed by atoms with Gasteiger partial charge in [-0.2, -0.15) is 0 Å². The Balaban J connectivity index is 1.67. The molecule has 26 heavy (non-hydrogen) atoms. The molecule has 1 amide bonds. The lowest BCUT2D eigenvalue weighted by molar-refractivity contribution is -0.132. The summed E-state index contributed by atoms with van der Waals surface area (Å²) in [7, 11) is -3.13. The quantitative estimate of drug-likeness (QED) is 0.762. The normalized spacial score (nSPS) is 18.0. The fraction of sp³-hybridized carbons (Fsp3) is 0.500. The molecule has 0 saturated carbocycles. The number of pyridine rings is 1. The largest absolute Gasteiger partial charge is 0.342 e. The van der Waals surface area contributed by atoms with Crippen molar-refractivity contribution < 1.29 is 13.2 Å². The second-order valence-electron chi connectivity index (χ2n) is 6.79. The molecule has 0 N–H and O–H groups in total. The van der Waals surface area contributed by atoms with E-state index in [0.29, 0.717) is 19.6 Å². The highest BCUT2D eigenvalue weighted by Crippen LogP contribution is 2.26. The Morgan fingerprint density at radius 2 is 2.12 bits per heavy atom. The van der Waals surface area contributed by atoms with Crippen LogP contribution >= 0.6 is 0 Å². The highest BCUT2D eigenvalue weighted by atomic mass is 32.2. The zero-order valence-corrected chi connectivity index (χ0v) is 15.7. The van der Waals surface area contributed by atoms with Crippen LogP contribution in [0.1, 0.15) is 36.7 Å². The number of sulfone groups is 1. The maximum absolute atomic E-state index is 12.4. The van der Waals surface area contributed by atoms with Crippen molar-refractivity contribution in [2.75, 3.05) is 25.1 Å². The number of likely N-dealkylation sites (tertiary alicyclic amines) is 1. The van der Waals surface area contributed by atoms with Crippen molar-refractivity contribution in [2.24, 2.45) is 0 Å². The summed E-state index contributed by atoms with van der Waals surface area (Å²) < 4.78 is 24.7. The summed E-state index contributed by atoms with van der Waals surface area (Å²) in [6, 6.07) is 5.83. The van der Waals surface area contributed by atoms with Crippen LogP contribution < -0.4 is 0 Å². The molecule has 7 nitrogen and oxygen atoms in total. The topological polar surface area (TPSA) is 85.2 Å². The number of carbonyl (C=O) groups is 1. The van der Waals surface area contributed by atoms with Gasteiger partial charge < -0.3 is 9.47 Å². The lowest BCUT2D eigenvalue weighted by Crippen LogP contribution is -2.40. The predicted octanol–water partition coefficient (Wildman–Crippen LogP) is 1.47. The van der Waals surface area contributed by atoms with Gasteiger partial charge in [0.1, 0.15) is 15.7 Å². The third-order valence-electron chi connectivity index (χ3n) is 4.63. The van der Waals surface area contributed by atoms with Crippen molar-refractivity contribution in [3.63, 3.8) is 0 Å². The molecule has 1 aliphatic rings. The highest BCUT2D eigenvalue weighted by Gasteiger charge is 2.27. The molecule has 0 aromatic carbocycles. The van der Waals surface area contributed by atoms with Gasteiger partial charge in [0.2, 0.25) is 5.91 Å². The maximum Gasteiger partial charge on any atom is 0.223 e. The minimum Gasteiger partial charge on any atom is -0.342 e. The summed E-state index contributed by atoms with van der Waals surface area (Å²) >= 11 is 0. The van der Waals surface area contributed by atoms with Gasteiger partial charge in [-0.25, -0.2) is 13.4 Å². The molecule has 3 heterocycles. The van der Waals surface area contributed by atoms with Crippen LogP contribution in [0.25, 0.3) is 0 Å². The number of amides is 1. The van der Waals surface area contributed by atoms with Crippen LogP contribution in [0.4, 0.5) is 0 Å². The Labute approximate surface area is 154 Å². The van der Waals surface area contributed by atoms with E-state index in [-0.39, 0.29) is 24.0 Å². The fourth-order valence-electron chi connectivity index (χ4n) is 3.33. The van der Waals surface area contributed by atoms with Gasteiger partial charge >= 0.3 is 0 Å². The first kappa shape index (κ1) is 18.6. The van der Waals surface area contributed by atoms with E-state index < -0.39 is 9.84 Å². The van der Waals surface area contributed by atoms with Gasteiger partial charge in [0.25, 0.3) is 0 Å². The maximum atomic E-state index is 12.4. The molecule has 0 spiro atoms. The third kappa shape index (κ3) is 4.91. The molecule has 1 aliphatic heterocycles. The number of hydrogen-bond acceptors (Lipinski definition) is 5. The number of rotatable bonds is 6. The molecule has 0 radical (unpaired) electrons. The zero-order chi connectivity index (χ0) is 18.6. The van der Waals surface area contributed by atoms with E-state index in [1.165, 1.54) is 0 Å². The molecule has 140 valence electrons. The first-order valence-corrected chi connectivity index (χ1v) is 10.8. The lowest BCUT2D eigenvalue weighted by atomic mass is 9.97. The second kappa shape index (κ2) is 7.99. The summed E-state index contributed by atoms with van der Waals surface area (Å²) in [6.07, 6.45) is 8.56. The molecule has 2 aromatic heterocycles. The minimum absolute atomic E-state index is 0.0495. The molecule has 0 aliphatic carbocycles. The molecule has 3 rings (SSSR count). The molecular weight excluding hydrogens is 352 g/mol. The van der Waals surface area contributed by atoms with Gasteiger partial charge in [0.15, 0.2) is 0 Å². The number of nitrogens with zero attached hydrogens (tertiary/aromatic N) is 4. The molecular formula is C18H24N4O3S. The number of aromatic nitrogens is 3. The van der Waals surface area contributed by atoms with Crippen LogP contribution in [0.2, 0.25) is 0 Å². The molecule has 1 saturated heterocycles. The Morgan fingerprint density at radius 3 is 2.85 bits per heavy atom. The van der Waals surface area contributed by atoms with Gasteiger partial charge in [-0.05, 0) is 25.0 Å². The van der Waals surface area contributed by atoms with Crippen molar-refractivity contribution in [1.29, 1.82) is 0 Å². The molecule has 0 bridgehead atoms. The van der Waals surface area contributed by atoms with Crippen LogP contribution in [0, 0.1) is 0 Å². The summed E-state index contributed by atoms with van der Waals surface area (Å²) in [4.78, 5) is 23.0. The number of hydrogen-bond donors (Lipinski definition) is 0. The SMILES string of the molecule is CS(=O)(=O)CCC(=O)N1CCC[C@H](c2nccn2Cc2ccccn2)C1. The lowest BCUT2D eigenvalue weighted by Gasteiger charge is -2.32. The summed E-state index contributed by atoms with van der Waals surface area (Å²) in [6.45, 7) is 1.91. The standard InChI is InChI=1S/C18H24N4O3S/c1-26(24,25)12-7-17(23)21-10-4-5-15(13-21)18-20-9-11-22(18)14-16-6-2-3-8-19-16/h2-3,6,8-9,11,15H,4-5,7,10,12-14H2,1H3/t15-/m0/s1. The van der Waals surface area contributed by atoms with Crippen molar-refractivity contribution in [2.45, 2.75) is 31.7 Å². The van der Waals surface area contributed by atoms with Gasteiger partial charge in [0.05, 0.1) is 18.0 Å². The van der Waals surface area contributed by atoms with Gasteiger partial charge in [-0.1, -0.05) is 6.07 Å². The van der Waals surface area contributed by atoms with Gasteiger partial charge in [0, 0.05) is 50.3 Å². The van der Waals surface area contributed by atoms with E-state index in [4.69, 9.17) is 0 Å². The zero-order valence-electron chi connectivity index (χ0n) is 14.9. The summed E-state index contributed by atoms with van der Waals surface area (Å²) in [5.74, 6) is 0.922. The van der Waals surface area contributed by atoms with E-state index in [2.05, 4.69) is 14.5 Å². The monoisotopic (exact) mass is 376 g/mol. The highest BCUT2D eigenvalue weighted by molar-refractivity contribution is 7.90. The first-order chi connectivity index (χ1) is 12.4. The first-order valence-electron chi connectivity index (χ1n) is 8.79. The van der Waals surface area contributed by atoms with Gasteiger partial charge in [-0.15, -0.1) is 0 Å². The average molecular weight is 376 g/mol. The van der Waals surface area contributed by atoms with Crippen LogP contribution in [0.3, 0.4) is 0 Å². The van der Waals surface area contributed by atoms with Crippen molar-refractivity contribution in [3.05, 3.63) is 48.3 Å². The summed E-state index contributed by atoms with van der Waals surface area (Å²) in [5, 5.41) is 0. The van der Waals surface area contributed by atoms with E-state index >= 15 is 0 Å². The molecule has 2 aromatic rings. The molecule has 1 fully saturated rings. The number of carbonyl (C=O) groups excluding carboxylic acids is 1. The van der Waals surface area contributed by atoms with E-state index in [1.54, 1.807) is 17.3 Å².